The maximum absolute atomic E-state index is 15.2. The molecule has 3 aliphatic heterocycles. The Morgan fingerprint density at radius 2 is 1.65 bits per heavy atom. The number of nitrogens with zero attached hydrogens (tertiary/aromatic N) is 2. The molecule has 4 saturated carbocycles. The zero-order valence-corrected chi connectivity index (χ0v) is 32.2. The zero-order chi connectivity index (χ0) is 34.1. The molecule has 49 heavy (non-hydrogen) atoms. The summed E-state index contributed by atoms with van der Waals surface area (Å²) >= 11 is 0. The highest BCUT2D eigenvalue weighted by Gasteiger charge is 2.67. The van der Waals surface area contributed by atoms with Crippen molar-refractivity contribution in [1.82, 2.24) is 9.80 Å². The van der Waals surface area contributed by atoms with Gasteiger partial charge in [-0.3, -0.25) is 9.59 Å². The molecule has 8 aliphatic rings. The van der Waals surface area contributed by atoms with Crippen molar-refractivity contribution in [2.75, 3.05) is 20.3 Å². The van der Waals surface area contributed by atoms with Gasteiger partial charge in [0.2, 0.25) is 5.91 Å². The molecular formula is C41H66N2O5Si. The number of likely N-dealkylation sites (tertiary alicyclic amines) is 1. The molecule has 2 amide bonds. The first kappa shape index (κ1) is 34.8. The lowest BCUT2D eigenvalue weighted by molar-refractivity contribution is -0.150. The molecule has 274 valence electrons. The van der Waals surface area contributed by atoms with Crippen LogP contribution in [0.3, 0.4) is 0 Å². The third kappa shape index (κ3) is 5.57. The van der Waals surface area contributed by atoms with Crippen molar-refractivity contribution < 1.29 is 24.2 Å². The second-order valence-corrected chi connectivity index (χ2v) is 23.7. The van der Waals surface area contributed by atoms with E-state index in [0.717, 1.165) is 83.1 Å². The van der Waals surface area contributed by atoms with Gasteiger partial charge in [0.05, 0.1) is 20.3 Å². The van der Waals surface area contributed by atoms with Crippen molar-refractivity contribution in [2.24, 2.45) is 29.6 Å². The predicted molar refractivity (Wildman–Crippen MR) is 194 cm³/mol. The summed E-state index contributed by atoms with van der Waals surface area (Å²) in [6.45, 7) is 8.38. The Morgan fingerprint density at radius 1 is 0.918 bits per heavy atom. The van der Waals surface area contributed by atoms with Crippen molar-refractivity contribution in [2.45, 2.75) is 183 Å². The van der Waals surface area contributed by atoms with E-state index in [0.29, 0.717) is 53.4 Å². The number of carbonyl (C=O) groups excluding carboxylic acids is 2. The molecule has 10 atom stereocenters. The van der Waals surface area contributed by atoms with Gasteiger partial charge in [-0.15, -0.1) is 0 Å². The van der Waals surface area contributed by atoms with E-state index in [4.69, 9.17) is 9.47 Å². The van der Waals surface area contributed by atoms with Crippen LogP contribution in [0.25, 0.3) is 0 Å². The lowest BCUT2D eigenvalue weighted by Gasteiger charge is -2.45. The van der Waals surface area contributed by atoms with E-state index >= 15 is 4.79 Å². The SMILES string of the molecule is COC1CCC([Si](C)(C)[C@H]2[C@H](CCO)O[C@@]3(C(=O)N(CC4CCCC(N5C(=O)C6CCCC7CCCC5C76)C4)C4=C3CCCC4)[C@@H]2C)CC1. The number of ether oxygens (including phenoxy) is 2. The average Bonchev–Trinajstić information content (AvgIpc) is 3.67. The number of amides is 2. The van der Waals surface area contributed by atoms with Gasteiger partial charge < -0.3 is 24.4 Å². The minimum atomic E-state index is -1.90. The Kier molecular flexibility index (Phi) is 9.70. The summed E-state index contributed by atoms with van der Waals surface area (Å²) in [5.74, 6) is 2.89. The minimum absolute atomic E-state index is 0.0653. The normalized spacial score (nSPS) is 44.2. The second-order valence-electron chi connectivity index (χ2n) is 18.6. The Balaban J connectivity index is 1.04. The predicted octanol–water partition coefficient (Wildman–Crippen LogP) is 7.84. The van der Waals surface area contributed by atoms with Crippen LogP contribution < -0.4 is 0 Å². The first-order chi connectivity index (χ1) is 23.7. The topological polar surface area (TPSA) is 79.3 Å². The van der Waals surface area contributed by atoms with Gasteiger partial charge in [-0.25, -0.2) is 0 Å². The number of fused-ring (bicyclic) bond motifs is 1. The smallest absolute Gasteiger partial charge is 0.263 e. The van der Waals surface area contributed by atoms with Crippen molar-refractivity contribution in [1.29, 1.82) is 0 Å². The largest absolute Gasteiger partial charge is 0.396 e. The summed E-state index contributed by atoms with van der Waals surface area (Å²) in [5.41, 5.74) is 2.75. The molecule has 0 bridgehead atoms. The molecule has 8 rings (SSSR count). The van der Waals surface area contributed by atoms with Crippen LogP contribution in [0.15, 0.2) is 11.3 Å². The fraction of sp³-hybridized carbons (Fsp3) is 0.902. The van der Waals surface area contributed by atoms with Gasteiger partial charge in [-0.1, -0.05) is 65.0 Å². The molecule has 0 aromatic heterocycles. The van der Waals surface area contributed by atoms with E-state index in [-0.39, 0.29) is 30.5 Å². The van der Waals surface area contributed by atoms with Crippen molar-refractivity contribution in [3.8, 4) is 0 Å². The summed E-state index contributed by atoms with van der Waals surface area (Å²) < 4.78 is 13.0. The molecule has 1 N–H and O–H groups in total. The number of allylic oxidation sites excluding steroid dienone is 1. The number of carbonyl (C=O) groups is 2. The van der Waals surface area contributed by atoms with Gasteiger partial charge in [0.15, 0.2) is 5.60 Å². The second kappa shape index (κ2) is 13.6. The van der Waals surface area contributed by atoms with Gasteiger partial charge in [0.25, 0.3) is 5.91 Å². The number of hydrogen-bond donors (Lipinski definition) is 1. The third-order valence-corrected chi connectivity index (χ3v) is 21.4. The fourth-order valence-electron chi connectivity index (χ4n) is 14.0. The fourth-order valence-corrected chi connectivity index (χ4v) is 19.1. The van der Waals surface area contributed by atoms with Crippen molar-refractivity contribution in [3.05, 3.63) is 11.3 Å². The van der Waals surface area contributed by atoms with Crippen LogP contribution >= 0.6 is 0 Å². The molecule has 0 aromatic rings. The number of aliphatic hydroxyl groups excluding tert-OH is 1. The number of hydrogen-bond acceptors (Lipinski definition) is 5. The molecular weight excluding hydrogens is 629 g/mol. The van der Waals surface area contributed by atoms with E-state index in [1.807, 2.05) is 7.11 Å². The number of aliphatic hydroxyl groups is 1. The molecule has 5 aliphatic carbocycles. The molecule has 6 fully saturated rings. The molecule has 7 nitrogen and oxygen atoms in total. The molecule has 3 heterocycles. The molecule has 8 heteroatoms. The summed E-state index contributed by atoms with van der Waals surface area (Å²) in [5, 5.41) is 10.3. The Hall–Kier alpha value is -1.22. The highest BCUT2D eigenvalue weighted by atomic mass is 28.3. The monoisotopic (exact) mass is 694 g/mol. The Labute approximate surface area is 297 Å². The highest BCUT2D eigenvalue weighted by Crippen LogP contribution is 2.62. The van der Waals surface area contributed by atoms with E-state index < -0.39 is 13.7 Å². The van der Waals surface area contributed by atoms with E-state index in [2.05, 4.69) is 29.8 Å². The van der Waals surface area contributed by atoms with E-state index in [1.165, 1.54) is 56.2 Å². The van der Waals surface area contributed by atoms with Crippen molar-refractivity contribution >= 4 is 19.9 Å². The standard InChI is InChI=1S/C41H66N2O5Si/c1-26-38(49(3,4)31-20-18-30(47-2)19-21-31)36(22-23-44)48-41(26)33-15-5-6-16-34(33)42(40(41)46)25-27-10-7-13-29(24-27)43-35-17-9-12-28-11-8-14-32(37(28)35)39(43)45/h26-32,35-38,44H,5-25H2,1-4H3/t26-,27?,28?,29?,30?,31?,32?,35?,36+,37?,38-,41+/m1/s1. The van der Waals surface area contributed by atoms with Gasteiger partial charge in [0.1, 0.15) is 0 Å². The minimum Gasteiger partial charge on any atom is -0.396 e. The lowest BCUT2D eigenvalue weighted by Crippen LogP contribution is -2.51. The Morgan fingerprint density at radius 3 is 2.41 bits per heavy atom. The quantitative estimate of drug-likeness (QED) is 0.262. The van der Waals surface area contributed by atoms with Gasteiger partial charge >= 0.3 is 0 Å². The van der Waals surface area contributed by atoms with Gasteiger partial charge in [0, 0.05) is 49.9 Å². The zero-order valence-electron chi connectivity index (χ0n) is 31.2. The molecule has 0 radical (unpaired) electrons. The first-order valence-corrected chi connectivity index (χ1v) is 24.0. The molecule has 0 aromatic carbocycles. The highest BCUT2D eigenvalue weighted by molar-refractivity contribution is 6.80. The van der Waals surface area contributed by atoms with Gasteiger partial charge in [-0.05, 0) is 111 Å². The molecule has 1 spiro atoms. The Bertz CT molecular complexity index is 1290. The van der Waals surface area contributed by atoms with Crippen LogP contribution in [-0.4, -0.2) is 84.9 Å². The third-order valence-electron chi connectivity index (χ3n) is 16.2. The van der Waals surface area contributed by atoms with Crippen LogP contribution in [-0.2, 0) is 19.1 Å². The van der Waals surface area contributed by atoms with Crippen LogP contribution in [0.5, 0.6) is 0 Å². The number of rotatable bonds is 8. The molecule has 2 saturated heterocycles. The van der Waals surface area contributed by atoms with Gasteiger partial charge in [-0.2, -0.15) is 0 Å². The summed E-state index contributed by atoms with van der Waals surface area (Å²) in [7, 11) is -0.0450. The molecule has 6 unspecified atom stereocenters. The summed E-state index contributed by atoms with van der Waals surface area (Å²) in [6, 6.07) is 0.807. The summed E-state index contributed by atoms with van der Waals surface area (Å²) in [6.07, 6.45) is 21.8. The maximum Gasteiger partial charge on any atom is 0.263 e. The lowest BCUT2D eigenvalue weighted by atomic mass is 9.65. The van der Waals surface area contributed by atoms with Crippen LogP contribution in [0.4, 0.5) is 0 Å². The van der Waals surface area contributed by atoms with Crippen LogP contribution in [0.1, 0.15) is 129 Å². The van der Waals surface area contributed by atoms with E-state index in [9.17, 15) is 9.90 Å². The number of methoxy groups -OCH3 is 1. The van der Waals surface area contributed by atoms with Crippen LogP contribution in [0.2, 0.25) is 24.2 Å². The summed E-state index contributed by atoms with van der Waals surface area (Å²) in [4.78, 5) is 33.9. The van der Waals surface area contributed by atoms with Crippen LogP contribution in [0, 0.1) is 29.6 Å². The van der Waals surface area contributed by atoms with E-state index in [1.54, 1.807) is 0 Å². The van der Waals surface area contributed by atoms with Crippen molar-refractivity contribution in [3.63, 3.8) is 0 Å². The maximum atomic E-state index is 15.2. The average molecular weight is 695 g/mol. The first-order valence-electron chi connectivity index (χ1n) is 20.9.